The molecule has 9 heteroatoms. The van der Waals surface area contributed by atoms with E-state index in [2.05, 4.69) is 10.3 Å². The van der Waals surface area contributed by atoms with Crippen molar-refractivity contribution >= 4 is 33.3 Å². The van der Waals surface area contributed by atoms with Crippen LogP contribution in [-0.2, 0) is 27.4 Å². The van der Waals surface area contributed by atoms with E-state index in [9.17, 15) is 14.1 Å². The molecule has 1 amide bonds. The summed E-state index contributed by atoms with van der Waals surface area (Å²) in [7, 11) is -2.46. The summed E-state index contributed by atoms with van der Waals surface area (Å²) in [5, 5.41) is 24.5. The van der Waals surface area contributed by atoms with Crippen LogP contribution < -0.4 is 14.7 Å². The first-order valence-electron chi connectivity index (χ1n) is 10.0. The van der Waals surface area contributed by atoms with E-state index in [0.29, 0.717) is 27.4 Å². The Morgan fingerprint density at radius 2 is 2.00 bits per heavy atom. The van der Waals surface area contributed by atoms with Crippen molar-refractivity contribution in [3.63, 3.8) is 0 Å². The third-order valence-electron chi connectivity index (χ3n) is 5.04. The molecule has 0 unspecified atom stereocenters. The topological polar surface area (TPSA) is 109 Å². The molecule has 7 nitrogen and oxygen atoms in total. The molecular formula is C24H23ClN4O3S. The molecule has 0 spiro atoms. The highest BCUT2D eigenvalue weighted by molar-refractivity contribution is 8.02. The van der Waals surface area contributed by atoms with Crippen LogP contribution in [0.3, 0.4) is 0 Å². The largest absolute Gasteiger partial charge is 0.872 e. The molecule has 0 aliphatic carbocycles. The van der Waals surface area contributed by atoms with Gasteiger partial charge in [0.15, 0.2) is 10.1 Å². The van der Waals surface area contributed by atoms with Crippen LogP contribution in [0.5, 0.6) is 5.75 Å². The number of pyridine rings is 1. The maximum atomic E-state index is 13.0. The fraction of sp³-hybridized carbons (Fsp3) is 0.208. The van der Waals surface area contributed by atoms with Crippen LogP contribution in [0.2, 0.25) is 5.02 Å². The van der Waals surface area contributed by atoms with Crippen LogP contribution in [0, 0.1) is 18.3 Å². The lowest BCUT2D eigenvalue weighted by Crippen LogP contribution is -2.34. The average Bonchev–Trinajstić information content (AvgIpc) is 2.77. The van der Waals surface area contributed by atoms with Crippen molar-refractivity contribution in [3.8, 4) is 11.8 Å². The van der Waals surface area contributed by atoms with Crippen molar-refractivity contribution in [2.45, 2.75) is 20.0 Å². The molecule has 0 bridgehead atoms. The van der Waals surface area contributed by atoms with Crippen LogP contribution in [0.25, 0.3) is 0 Å². The van der Waals surface area contributed by atoms with E-state index in [1.807, 2.05) is 18.2 Å². The lowest BCUT2D eigenvalue weighted by molar-refractivity contribution is -0.270. The average molecular weight is 483 g/mol. The predicted octanol–water partition coefficient (Wildman–Crippen LogP) is 3.60. The Balaban J connectivity index is 1.85. The first-order chi connectivity index (χ1) is 15.6. The number of carbonyl (C=O) groups excluding carboxylic acids is 1. The molecular weight excluding hydrogens is 460 g/mol. The Kier molecular flexibility index (Phi) is 7.36. The van der Waals surface area contributed by atoms with Gasteiger partial charge in [-0.2, -0.15) is 9.57 Å². The molecule has 3 rings (SSSR count). The number of hydrogen-bond donors (Lipinski definition) is 1. The molecule has 0 saturated heterocycles. The number of amides is 1. The number of nitriles is 1. The smallest absolute Gasteiger partial charge is 0.251 e. The third-order valence-corrected chi connectivity index (χ3v) is 6.66. The highest BCUT2D eigenvalue weighted by atomic mass is 35.5. The normalized spacial score (nSPS) is 11.0. The molecule has 0 radical (unpaired) electrons. The zero-order valence-corrected chi connectivity index (χ0v) is 20.0. The Bertz CT molecular complexity index is 1270. The van der Waals surface area contributed by atoms with E-state index >= 15 is 0 Å². The van der Waals surface area contributed by atoms with Gasteiger partial charge in [0.2, 0.25) is 0 Å². The van der Waals surface area contributed by atoms with Crippen LogP contribution >= 0.6 is 11.6 Å². The van der Waals surface area contributed by atoms with Crippen molar-refractivity contribution in [2.75, 3.05) is 16.8 Å². The predicted molar refractivity (Wildman–Crippen MR) is 128 cm³/mol. The van der Waals surface area contributed by atoms with Crippen molar-refractivity contribution < 1.29 is 14.1 Å². The lowest BCUT2D eigenvalue weighted by atomic mass is 10.0. The minimum atomic E-state index is -2.46. The number of halogens is 1. The van der Waals surface area contributed by atoms with Gasteiger partial charge in [0.25, 0.3) is 5.91 Å². The third kappa shape index (κ3) is 5.89. The van der Waals surface area contributed by atoms with Crippen molar-refractivity contribution in [1.82, 2.24) is 10.3 Å². The van der Waals surface area contributed by atoms with E-state index in [0.717, 1.165) is 5.69 Å². The fourth-order valence-corrected chi connectivity index (χ4v) is 4.56. The summed E-state index contributed by atoms with van der Waals surface area (Å²) in [5.74, 6) is -0.712. The number of anilines is 1. The van der Waals surface area contributed by atoms with E-state index in [1.54, 1.807) is 54.2 Å². The number of nitrogens with one attached hydrogen (secondary N) is 1. The summed E-state index contributed by atoms with van der Waals surface area (Å²) in [6.45, 7) is 1.86. The van der Waals surface area contributed by atoms with E-state index in [1.165, 1.54) is 12.1 Å². The first kappa shape index (κ1) is 24.2. The highest BCUT2D eigenvalue weighted by Crippen LogP contribution is 2.28. The molecule has 1 heterocycles. The number of benzene rings is 2. The maximum Gasteiger partial charge on any atom is 0.251 e. The number of rotatable bonds is 7. The van der Waals surface area contributed by atoms with Gasteiger partial charge in [0.1, 0.15) is 19.1 Å². The molecule has 3 aromatic rings. The highest BCUT2D eigenvalue weighted by Gasteiger charge is 2.28. The molecule has 0 atom stereocenters. The summed E-state index contributed by atoms with van der Waals surface area (Å²) in [6, 6.07) is 15.3. The minimum absolute atomic E-state index is 0.00199. The van der Waals surface area contributed by atoms with Gasteiger partial charge in [-0.25, -0.2) is 0 Å². The van der Waals surface area contributed by atoms with Gasteiger partial charge in [-0.15, -0.1) is 0 Å². The van der Waals surface area contributed by atoms with Gasteiger partial charge < -0.3 is 10.4 Å². The Labute approximate surface area is 199 Å². The first-order valence-corrected chi connectivity index (χ1v) is 12.7. The molecule has 2 aromatic carbocycles. The molecule has 1 aromatic heterocycles. The monoisotopic (exact) mass is 482 g/mol. The van der Waals surface area contributed by atoms with Crippen LogP contribution in [-0.4, -0.2) is 23.4 Å². The second-order valence-electron chi connectivity index (χ2n) is 7.76. The fourth-order valence-electron chi connectivity index (χ4n) is 3.27. The number of nitrogens with zero attached hydrogens (tertiary/aromatic N) is 3. The van der Waals surface area contributed by atoms with Gasteiger partial charge in [-0.1, -0.05) is 33.7 Å². The Morgan fingerprint density at radius 3 is 2.64 bits per heavy atom. The van der Waals surface area contributed by atoms with Crippen LogP contribution in [0.4, 0.5) is 5.69 Å². The molecule has 0 aliphatic rings. The van der Waals surface area contributed by atoms with Gasteiger partial charge in [-0.3, -0.25) is 9.78 Å². The van der Waals surface area contributed by atoms with E-state index in [-0.39, 0.29) is 24.4 Å². The number of hydrogen-bond acceptors (Lipinski definition) is 5. The van der Waals surface area contributed by atoms with Crippen molar-refractivity contribution in [2.24, 2.45) is 0 Å². The molecule has 1 N–H and O–H groups in total. The van der Waals surface area contributed by atoms with Gasteiger partial charge in [-0.05, 0) is 54.4 Å². The van der Waals surface area contributed by atoms with E-state index < -0.39 is 16.0 Å². The molecule has 33 heavy (non-hydrogen) atoms. The standard InChI is InChI=1S/C24H23ClN4O3S/c1-16-17(13-26)7-8-18(23(16)30)14-28-24(31)19-10-20(25)12-22(11-19)29(33(2,3)32)15-21-6-4-5-9-27-21/h4-12H,14-15H2,1-3H3,(H-,28,30,31). The quantitative estimate of drug-likeness (QED) is 0.517. The van der Waals surface area contributed by atoms with Crippen molar-refractivity contribution in [3.05, 3.63) is 87.7 Å². The zero-order chi connectivity index (χ0) is 24.2. The van der Waals surface area contributed by atoms with Crippen LogP contribution in [0.1, 0.15) is 32.7 Å². The second-order valence-corrected chi connectivity index (χ2v) is 11.0. The lowest BCUT2D eigenvalue weighted by Gasteiger charge is -2.23. The summed E-state index contributed by atoms with van der Waals surface area (Å²) in [6.07, 6.45) is 4.88. The summed E-state index contributed by atoms with van der Waals surface area (Å²) in [5.41, 5.74) is 2.55. The summed E-state index contributed by atoms with van der Waals surface area (Å²) < 4.78 is 14.7. The summed E-state index contributed by atoms with van der Waals surface area (Å²) in [4.78, 5) is 17.1. The van der Waals surface area contributed by atoms with Gasteiger partial charge in [0.05, 0.1) is 23.0 Å². The minimum Gasteiger partial charge on any atom is -0.872 e. The van der Waals surface area contributed by atoms with Crippen LogP contribution in [0.15, 0.2) is 54.7 Å². The Morgan fingerprint density at radius 1 is 1.24 bits per heavy atom. The second kappa shape index (κ2) is 10.0. The van der Waals surface area contributed by atoms with E-state index in [4.69, 9.17) is 16.9 Å². The number of aromatic nitrogens is 1. The molecule has 0 aliphatic heterocycles. The molecule has 0 saturated carbocycles. The molecule has 0 fully saturated rings. The van der Waals surface area contributed by atoms with Crippen molar-refractivity contribution in [1.29, 1.82) is 5.26 Å². The summed E-state index contributed by atoms with van der Waals surface area (Å²) >= 11 is 6.29. The maximum absolute atomic E-state index is 13.0. The zero-order valence-electron chi connectivity index (χ0n) is 18.5. The number of carbonyl (C=O) groups is 1. The van der Waals surface area contributed by atoms with Gasteiger partial charge in [0, 0.05) is 23.3 Å². The SMILES string of the molecule is Cc1c(C#N)ccc(CNC(=O)c2cc(Cl)cc(N(Cc3ccccn3)[S+](C)(C)=O)c2)c1[O-]. The van der Waals surface area contributed by atoms with Gasteiger partial charge >= 0.3 is 0 Å². The molecule has 170 valence electrons. The Hall–Kier alpha value is -3.41.